The van der Waals surface area contributed by atoms with Crippen LogP contribution in [0.2, 0.25) is 5.02 Å². The molecule has 1 aliphatic carbocycles. The van der Waals surface area contributed by atoms with Crippen LogP contribution in [-0.4, -0.2) is 0 Å². The van der Waals surface area contributed by atoms with E-state index in [1.807, 2.05) is 12.1 Å². The maximum absolute atomic E-state index is 5.79. The minimum Gasteiger partial charge on any atom is -0.351 e. The smallest absolute Gasteiger partial charge is 0.113 e. The molecule has 1 aromatic rings. The first-order chi connectivity index (χ1) is 5.77. The van der Waals surface area contributed by atoms with Gasteiger partial charge < -0.3 is 5.73 Å². The highest BCUT2D eigenvalue weighted by atomic mass is 35.5. The quantitative estimate of drug-likeness (QED) is 0.725. The highest BCUT2D eigenvalue weighted by Gasteiger charge is 2.32. The van der Waals surface area contributed by atoms with E-state index in [2.05, 4.69) is 17.9 Å². The van der Waals surface area contributed by atoms with Gasteiger partial charge in [-0.1, -0.05) is 23.7 Å². The van der Waals surface area contributed by atoms with E-state index in [0.717, 1.165) is 10.9 Å². The molecule has 0 aromatic heterocycles. The fourth-order valence-corrected chi connectivity index (χ4v) is 1.61. The van der Waals surface area contributed by atoms with Crippen LogP contribution in [0.5, 0.6) is 0 Å². The Kier molecular flexibility index (Phi) is 2.07. The van der Waals surface area contributed by atoms with E-state index in [1.165, 1.54) is 18.4 Å². The molecule has 0 unspecified atom stereocenters. The number of benzene rings is 1. The Hall–Kier alpha value is -0.530. The molecule has 12 heavy (non-hydrogen) atoms. The van der Waals surface area contributed by atoms with Gasteiger partial charge in [0.25, 0.3) is 0 Å². The largest absolute Gasteiger partial charge is 0.351 e. The molecular formula is C10H13ClN+. The van der Waals surface area contributed by atoms with Gasteiger partial charge in [-0.05, 0) is 25.0 Å². The summed E-state index contributed by atoms with van der Waals surface area (Å²) in [5, 5.41) is 0.807. The van der Waals surface area contributed by atoms with Crippen LogP contribution in [0.3, 0.4) is 0 Å². The summed E-state index contributed by atoms with van der Waals surface area (Å²) in [6.07, 6.45) is 2.69. The molecule has 0 spiro atoms. The van der Waals surface area contributed by atoms with Gasteiger partial charge in [0.15, 0.2) is 0 Å². The third kappa shape index (κ3) is 1.62. The Labute approximate surface area is 77.5 Å². The standard InChI is InChI=1S/C10H12ClN/c11-9-5-3-8(4-6-9)10(12)7-1-2-7/h3-7,10H,1-2,12H2/p+1/t10-/m1/s1. The molecule has 1 atom stereocenters. The number of rotatable bonds is 2. The summed E-state index contributed by atoms with van der Waals surface area (Å²) in [6, 6.07) is 8.52. The molecule has 1 fully saturated rings. The number of halogens is 1. The molecule has 0 saturated heterocycles. The van der Waals surface area contributed by atoms with Gasteiger partial charge in [-0.3, -0.25) is 0 Å². The molecule has 1 aromatic carbocycles. The third-order valence-electron chi connectivity index (χ3n) is 2.49. The van der Waals surface area contributed by atoms with Gasteiger partial charge in [0.2, 0.25) is 0 Å². The zero-order chi connectivity index (χ0) is 8.55. The van der Waals surface area contributed by atoms with Crippen molar-refractivity contribution in [3.05, 3.63) is 34.9 Å². The number of hydrogen-bond donors (Lipinski definition) is 1. The van der Waals surface area contributed by atoms with Crippen molar-refractivity contribution in [2.24, 2.45) is 5.92 Å². The van der Waals surface area contributed by atoms with Crippen molar-refractivity contribution in [1.29, 1.82) is 0 Å². The monoisotopic (exact) mass is 182 g/mol. The van der Waals surface area contributed by atoms with Gasteiger partial charge in [0, 0.05) is 16.5 Å². The number of quaternary nitrogens is 1. The summed E-state index contributed by atoms with van der Waals surface area (Å²) in [6.45, 7) is 0. The molecule has 0 amide bonds. The first kappa shape index (κ1) is 8.09. The van der Waals surface area contributed by atoms with Crippen molar-refractivity contribution in [1.82, 2.24) is 0 Å². The second-order valence-electron chi connectivity index (χ2n) is 3.50. The average molecular weight is 183 g/mol. The van der Waals surface area contributed by atoms with E-state index >= 15 is 0 Å². The molecule has 0 heterocycles. The van der Waals surface area contributed by atoms with Gasteiger partial charge in [-0.2, -0.15) is 0 Å². The van der Waals surface area contributed by atoms with Crippen LogP contribution in [0.1, 0.15) is 24.4 Å². The first-order valence-electron chi connectivity index (χ1n) is 4.36. The van der Waals surface area contributed by atoms with Gasteiger partial charge in [-0.15, -0.1) is 0 Å². The molecule has 1 saturated carbocycles. The van der Waals surface area contributed by atoms with Gasteiger partial charge in [0.1, 0.15) is 6.04 Å². The third-order valence-corrected chi connectivity index (χ3v) is 2.74. The number of hydrogen-bond acceptors (Lipinski definition) is 0. The van der Waals surface area contributed by atoms with E-state index in [0.29, 0.717) is 6.04 Å². The van der Waals surface area contributed by atoms with Crippen LogP contribution >= 0.6 is 11.6 Å². The van der Waals surface area contributed by atoms with Gasteiger partial charge >= 0.3 is 0 Å². The molecule has 2 rings (SSSR count). The van der Waals surface area contributed by atoms with Crippen molar-refractivity contribution in [2.75, 3.05) is 0 Å². The summed E-state index contributed by atoms with van der Waals surface area (Å²) in [5.41, 5.74) is 5.48. The summed E-state index contributed by atoms with van der Waals surface area (Å²) in [5.74, 6) is 0.825. The molecule has 0 bridgehead atoms. The highest BCUT2D eigenvalue weighted by Crippen LogP contribution is 2.38. The van der Waals surface area contributed by atoms with Crippen LogP contribution in [0.25, 0.3) is 0 Å². The normalized spacial score (nSPS) is 19.2. The predicted octanol–water partition coefficient (Wildman–Crippen LogP) is 2.03. The molecular weight excluding hydrogens is 170 g/mol. The van der Waals surface area contributed by atoms with Crippen LogP contribution in [-0.2, 0) is 0 Å². The van der Waals surface area contributed by atoms with Crippen molar-refractivity contribution in [2.45, 2.75) is 18.9 Å². The van der Waals surface area contributed by atoms with Crippen molar-refractivity contribution in [3.63, 3.8) is 0 Å². The maximum atomic E-state index is 5.79. The molecule has 1 nitrogen and oxygen atoms in total. The molecule has 2 heteroatoms. The lowest BCUT2D eigenvalue weighted by atomic mass is 10.0. The molecule has 64 valence electrons. The van der Waals surface area contributed by atoms with Crippen LogP contribution in [0, 0.1) is 5.92 Å². The summed E-state index contributed by atoms with van der Waals surface area (Å²) >= 11 is 5.79. The minimum atomic E-state index is 0.474. The molecule has 0 aliphatic heterocycles. The van der Waals surface area contributed by atoms with E-state index < -0.39 is 0 Å². The van der Waals surface area contributed by atoms with Crippen LogP contribution in [0.15, 0.2) is 24.3 Å². The van der Waals surface area contributed by atoms with E-state index in [4.69, 9.17) is 11.6 Å². The molecule has 1 aliphatic rings. The fraction of sp³-hybridized carbons (Fsp3) is 0.400. The SMILES string of the molecule is [NH3+][C@@H](c1ccc(Cl)cc1)C1CC1. The molecule has 3 N–H and O–H groups in total. The predicted molar refractivity (Wildman–Crippen MR) is 49.8 cm³/mol. The Morgan fingerprint density at radius 1 is 1.25 bits per heavy atom. The van der Waals surface area contributed by atoms with E-state index in [9.17, 15) is 0 Å². The summed E-state index contributed by atoms with van der Waals surface area (Å²) in [4.78, 5) is 0. The molecule has 0 radical (unpaired) electrons. The van der Waals surface area contributed by atoms with Crippen LogP contribution in [0.4, 0.5) is 0 Å². The Bertz CT molecular complexity index is 264. The maximum Gasteiger partial charge on any atom is 0.113 e. The van der Waals surface area contributed by atoms with Crippen molar-refractivity contribution in [3.8, 4) is 0 Å². The fourth-order valence-electron chi connectivity index (χ4n) is 1.48. The lowest BCUT2D eigenvalue weighted by Crippen LogP contribution is -2.54. The van der Waals surface area contributed by atoms with Crippen molar-refractivity contribution >= 4 is 11.6 Å². The summed E-state index contributed by atoms with van der Waals surface area (Å²) < 4.78 is 0. The zero-order valence-corrected chi connectivity index (χ0v) is 7.72. The Morgan fingerprint density at radius 2 is 1.83 bits per heavy atom. The average Bonchev–Trinajstić information content (AvgIpc) is 2.87. The van der Waals surface area contributed by atoms with E-state index in [1.54, 1.807) is 0 Å². The highest BCUT2D eigenvalue weighted by molar-refractivity contribution is 6.30. The summed E-state index contributed by atoms with van der Waals surface area (Å²) in [7, 11) is 0. The van der Waals surface area contributed by atoms with E-state index in [-0.39, 0.29) is 0 Å². The lowest BCUT2D eigenvalue weighted by Gasteiger charge is -2.06. The zero-order valence-electron chi connectivity index (χ0n) is 6.96. The first-order valence-corrected chi connectivity index (χ1v) is 4.74. The Balaban J connectivity index is 2.16. The van der Waals surface area contributed by atoms with Gasteiger partial charge in [0.05, 0.1) is 0 Å². The topological polar surface area (TPSA) is 27.6 Å². The second kappa shape index (κ2) is 3.08. The van der Waals surface area contributed by atoms with Crippen molar-refractivity contribution < 1.29 is 5.73 Å². The Morgan fingerprint density at radius 3 is 2.33 bits per heavy atom. The lowest BCUT2D eigenvalue weighted by molar-refractivity contribution is -0.432. The van der Waals surface area contributed by atoms with Gasteiger partial charge in [-0.25, -0.2) is 0 Å². The minimum absolute atomic E-state index is 0.474. The second-order valence-corrected chi connectivity index (χ2v) is 3.93. The van der Waals surface area contributed by atoms with Crippen LogP contribution < -0.4 is 5.73 Å².